The summed E-state index contributed by atoms with van der Waals surface area (Å²) in [6.45, 7) is 2.12. The van der Waals surface area contributed by atoms with Crippen molar-refractivity contribution in [2.24, 2.45) is 0 Å². The van der Waals surface area contributed by atoms with Crippen LogP contribution in [-0.2, 0) is 5.60 Å². The van der Waals surface area contributed by atoms with Gasteiger partial charge in [0.1, 0.15) is 6.07 Å². The third kappa shape index (κ3) is 4.95. The van der Waals surface area contributed by atoms with E-state index in [9.17, 15) is 5.11 Å². The van der Waals surface area contributed by atoms with Crippen LogP contribution in [0.1, 0.15) is 44.6 Å². The fourth-order valence-corrected chi connectivity index (χ4v) is 1.80. The molecule has 1 rings (SSSR count). The fraction of sp³-hybridized carbons (Fsp3) is 0.438. The molecule has 0 saturated heterocycles. The van der Waals surface area contributed by atoms with Crippen molar-refractivity contribution in [3.8, 4) is 17.9 Å². The topological polar surface area (TPSA) is 44.0 Å². The largest absolute Gasteiger partial charge is 0.371 e. The van der Waals surface area contributed by atoms with Gasteiger partial charge in [-0.25, -0.2) is 0 Å². The molecule has 2 nitrogen and oxygen atoms in total. The van der Waals surface area contributed by atoms with Gasteiger partial charge in [0.2, 0.25) is 0 Å². The zero-order valence-electron chi connectivity index (χ0n) is 11.1. The average molecular weight is 276 g/mol. The molecule has 1 aromatic carbocycles. The Morgan fingerprint density at radius 2 is 1.84 bits per heavy atom. The lowest BCUT2D eigenvalue weighted by Gasteiger charge is -2.19. The lowest BCUT2D eigenvalue weighted by molar-refractivity contribution is 0.0896. The Labute approximate surface area is 120 Å². The van der Waals surface area contributed by atoms with Crippen LogP contribution >= 0.6 is 11.6 Å². The minimum Gasteiger partial charge on any atom is -0.371 e. The Hall–Kier alpha value is -1.48. The predicted molar refractivity (Wildman–Crippen MR) is 77.5 cm³/mol. The second kappa shape index (κ2) is 7.85. The highest BCUT2D eigenvalue weighted by atomic mass is 35.5. The van der Waals surface area contributed by atoms with Crippen LogP contribution in [0.15, 0.2) is 24.3 Å². The molecule has 0 fully saturated rings. The van der Waals surface area contributed by atoms with Gasteiger partial charge in [0.15, 0.2) is 5.60 Å². The van der Waals surface area contributed by atoms with E-state index in [0.717, 1.165) is 19.3 Å². The molecule has 1 N–H and O–H groups in total. The van der Waals surface area contributed by atoms with Gasteiger partial charge in [-0.15, -0.1) is 11.8 Å². The normalized spacial score (nSPS) is 12.9. The van der Waals surface area contributed by atoms with Gasteiger partial charge in [0, 0.05) is 24.3 Å². The van der Waals surface area contributed by atoms with E-state index >= 15 is 0 Å². The lowest BCUT2D eigenvalue weighted by atomic mass is 9.91. The van der Waals surface area contributed by atoms with E-state index < -0.39 is 5.60 Å². The highest BCUT2D eigenvalue weighted by Gasteiger charge is 2.28. The maximum atomic E-state index is 10.3. The van der Waals surface area contributed by atoms with E-state index in [1.165, 1.54) is 0 Å². The van der Waals surface area contributed by atoms with Gasteiger partial charge in [0.05, 0.1) is 0 Å². The molecular weight excluding hydrogens is 258 g/mol. The van der Waals surface area contributed by atoms with Gasteiger partial charge >= 0.3 is 0 Å². The van der Waals surface area contributed by atoms with Crippen LogP contribution in [0.4, 0.5) is 0 Å². The molecule has 0 radical (unpaired) electrons. The van der Waals surface area contributed by atoms with Gasteiger partial charge in [0.25, 0.3) is 0 Å². The van der Waals surface area contributed by atoms with E-state index in [1.54, 1.807) is 24.3 Å². The summed E-state index contributed by atoms with van der Waals surface area (Å²) in [6.07, 6.45) is 3.91. The molecule has 19 heavy (non-hydrogen) atoms. The molecule has 1 aromatic rings. The Bertz CT molecular complexity index is 492. The molecule has 0 bridgehead atoms. The van der Waals surface area contributed by atoms with Gasteiger partial charge < -0.3 is 5.11 Å². The summed E-state index contributed by atoms with van der Waals surface area (Å²) >= 11 is 5.79. The summed E-state index contributed by atoms with van der Waals surface area (Å²) in [4.78, 5) is 0. The molecule has 0 saturated carbocycles. The van der Waals surface area contributed by atoms with Crippen LogP contribution in [0, 0.1) is 23.2 Å². The van der Waals surface area contributed by atoms with E-state index in [0.29, 0.717) is 23.4 Å². The monoisotopic (exact) mass is 275 g/mol. The maximum absolute atomic E-state index is 10.3. The van der Waals surface area contributed by atoms with Crippen molar-refractivity contribution in [3.63, 3.8) is 0 Å². The molecule has 3 heteroatoms. The number of aliphatic hydroxyl groups is 1. The minimum absolute atomic E-state index is 0.310. The summed E-state index contributed by atoms with van der Waals surface area (Å²) in [5, 5.41) is 20.1. The zero-order valence-corrected chi connectivity index (χ0v) is 11.9. The molecule has 0 aliphatic heterocycles. The third-order valence-electron chi connectivity index (χ3n) is 2.90. The second-order valence-corrected chi connectivity index (χ2v) is 4.87. The third-order valence-corrected chi connectivity index (χ3v) is 3.15. The number of hydrogen-bond donors (Lipinski definition) is 1. The van der Waals surface area contributed by atoms with Gasteiger partial charge in [-0.1, -0.05) is 37.1 Å². The average Bonchev–Trinajstić information content (AvgIpc) is 2.43. The smallest absolute Gasteiger partial charge is 0.177 e. The number of halogens is 1. The second-order valence-electron chi connectivity index (χ2n) is 4.44. The van der Waals surface area contributed by atoms with Crippen LogP contribution in [-0.4, -0.2) is 5.11 Å². The Balaban J connectivity index is 2.63. The van der Waals surface area contributed by atoms with Crippen LogP contribution in [0.3, 0.4) is 0 Å². The summed E-state index contributed by atoms with van der Waals surface area (Å²) in [5.74, 6) is 6.06. The number of hydrogen-bond acceptors (Lipinski definition) is 2. The first-order valence-electron chi connectivity index (χ1n) is 6.48. The number of unbranched alkanes of at least 4 members (excludes halogenated alkanes) is 2. The molecule has 0 amide bonds. The van der Waals surface area contributed by atoms with Crippen molar-refractivity contribution >= 4 is 11.6 Å². The van der Waals surface area contributed by atoms with Crippen molar-refractivity contribution in [3.05, 3.63) is 34.9 Å². The Kier molecular flexibility index (Phi) is 6.43. The van der Waals surface area contributed by atoms with Crippen molar-refractivity contribution in [1.82, 2.24) is 0 Å². The molecular formula is C16H18ClNO. The predicted octanol–water partition coefficient (Wildman–Crippen LogP) is 4.02. The first kappa shape index (κ1) is 15.6. The molecule has 1 atom stereocenters. The van der Waals surface area contributed by atoms with E-state index in [2.05, 4.69) is 18.8 Å². The van der Waals surface area contributed by atoms with Gasteiger partial charge in [-0.3, -0.25) is 0 Å². The highest BCUT2D eigenvalue weighted by Crippen LogP contribution is 2.26. The van der Waals surface area contributed by atoms with Crippen LogP contribution in [0.2, 0.25) is 5.02 Å². The van der Waals surface area contributed by atoms with Crippen LogP contribution in [0.25, 0.3) is 0 Å². The highest BCUT2D eigenvalue weighted by molar-refractivity contribution is 6.30. The van der Waals surface area contributed by atoms with E-state index in [1.807, 2.05) is 6.07 Å². The lowest BCUT2D eigenvalue weighted by Crippen LogP contribution is -2.23. The standard InChI is InChI=1S/C16H18ClNO/c1-2-3-4-5-6-7-12-16(19,13-18)14-8-10-15(17)11-9-14/h8-11,19H,2-4,7,12H2,1H3. The molecule has 0 aromatic heterocycles. The van der Waals surface area contributed by atoms with Crippen LogP contribution < -0.4 is 0 Å². The summed E-state index contributed by atoms with van der Waals surface area (Å²) in [7, 11) is 0. The van der Waals surface area contributed by atoms with E-state index in [-0.39, 0.29) is 0 Å². The zero-order chi connectivity index (χ0) is 14.1. The molecule has 0 aliphatic carbocycles. The van der Waals surface area contributed by atoms with Crippen molar-refractivity contribution < 1.29 is 5.11 Å². The summed E-state index contributed by atoms with van der Waals surface area (Å²) < 4.78 is 0. The minimum atomic E-state index is -1.48. The maximum Gasteiger partial charge on any atom is 0.177 e. The van der Waals surface area contributed by atoms with Crippen molar-refractivity contribution in [2.45, 2.75) is 44.6 Å². The molecule has 100 valence electrons. The Morgan fingerprint density at radius 1 is 1.21 bits per heavy atom. The Morgan fingerprint density at radius 3 is 2.42 bits per heavy atom. The number of rotatable bonds is 5. The van der Waals surface area contributed by atoms with Gasteiger partial charge in [-0.05, 0) is 24.1 Å². The molecule has 1 unspecified atom stereocenters. The van der Waals surface area contributed by atoms with Crippen LogP contribution in [0.5, 0.6) is 0 Å². The van der Waals surface area contributed by atoms with Crippen molar-refractivity contribution in [1.29, 1.82) is 5.26 Å². The first-order valence-corrected chi connectivity index (χ1v) is 6.85. The fourth-order valence-electron chi connectivity index (χ4n) is 1.68. The number of benzene rings is 1. The first-order chi connectivity index (χ1) is 9.12. The summed E-state index contributed by atoms with van der Waals surface area (Å²) in [5.41, 5.74) is -0.918. The summed E-state index contributed by atoms with van der Waals surface area (Å²) in [6, 6.07) is 8.66. The number of nitriles is 1. The molecule has 0 heterocycles. The molecule has 0 aliphatic rings. The number of nitrogens with zero attached hydrogens (tertiary/aromatic N) is 1. The van der Waals surface area contributed by atoms with Gasteiger partial charge in [-0.2, -0.15) is 5.26 Å². The quantitative estimate of drug-likeness (QED) is 0.501. The van der Waals surface area contributed by atoms with Crippen molar-refractivity contribution in [2.75, 3.05) is 0 Å². The SMILES string of the molecule is CCCCC#CCCC(O)(C#N)c1ccc(Cl)cc1. The molecule has 0 spiro atoms. The van der Waals surface area contributed by atoms with E-state index in [4.69, 9.17) is 16.9 Å².